The van der Waals surface area contributed by atoms with Crippen LogP contribution in [0.5, 0.6) is 5.75 Å². The average Bonchev–Trinajstić information content (AvgIpc) is 2.71. The van der Waals surface area contributed by atoms with Crippen molar-refractivity contribution < 1.29 is 4.74 Å². The second kappa shape index (κ2) is 6.06. The fourth-order valence-electron chi connectivity index (χ4n) is 1.86. The highest BCUT2D eigenvalue weighted by Crippen LogP contribution is 2.39. The molecule has 1 unspecified atom stereocenters. The van der Waals surface area contributed by atoms with Gasteiger partial charge in [0.05, 0.1) is 13.2 Å². The molecule has 0 saturated carbocycles. The zero-order valence-electron chi connectivity index (χ0n) is 10.0. The zero-order chi connectivity index (χ0) is 13.1. The van der Waals surface area contributed by atoms with Crippen molar-refractivity contribution in [2.75, 3.05) is 14.2 Å². The Bertz CT molecular complexity index is 524. The first-order valence-corrected chi connectivity index (χ1v) is 7.41. The van der Waals surface area contributed by atoms with E-state index in [9.17, 15) is 0 Å². The van der Waals surface area contributed by atoms with Gasteiger partial charge in [-0.15, -0.1) is 11.3 Å². The summed E-state index contributed by atoms with van der Waals surface area (Å²) in [6.07, 6.45) is 0. The van der Waals surface area contributed by atoms with Crippen LogP contribution >= 0.6 is 38.9 Å². The lowest BCUT2D eigenvalue weighted by Gasteiger charge is -2.17. The molecule has 0 amide bonds. The molecule has 0 fully saturated rings. The second-order valence-electron chi connectivity index (χ2n) is 3.73. The van der Waals surface area contributed by atoms with Crippen LogP contribution in [-0.4, -0.2) is 14.2 Å². The van der Waals surface area contributed by atoms with Crippen molar-refractivity contribution in [3.8, 4) is 5.75 Å². The van der Waals surface area contributed by atoms with Crippen molar-refractivity contribution >= 4 is 38.9 Å². The van der Waals surface area contributed by atoms with Gasteiger partial charge in [0.1, 0.15) is 10.1 Å². The molecule has 1 N–H and O–H groups in total. The summed E-state index contributed by atoms with van der Waals surface area (Å²) >= 11 is 11.1. The van der Waals surface area contributed by atoms with Crippen LogP contribution in [0.2, 0.25) is 4.34 Å². The predicted molar refractivity (Wildman–Crippen MR) is 80.9 cm³/mol. The summed E-state index contributed by atoms with van der Waals surface area (Å²) in [6, 6.07) is 10.1. The van der Waals surface area contributed by atoms with Crippen LogP contribution in [0.1, 0.15) is 16.5 Å². The highest BCUT2D eigenvalue weighted by molar-refractivity contribution is 9.10. The van der Waals surface area contributed by atoms with Crippen LogP contribution in [0.3, 0.4) is 0 Å². The van der Waals surface area contributed by atoms with Gasteiger partial charge in [0.25, 0.3) is 0 Å². The van der Waals surface area contributed by atoms with Gasteiger partial charge in [-0.2, -0.15) is 0 Å². The number of benzene rings is 1. The Kier molecular flexibility index (Phi) is 4.67. The molecule has 0 spiro atoms. The quantitative estimate of drug-likeness (QED) is 0.881. The first-order valence-electron chi connectivity index (χ1n) is 5.42. The molecule has 2 nitrogen and oxygen atoms in total. The predicted octanol–water partition coefficient (Wildman–Crippen LogP) is 4.48. The minimum atomic E-state index is 0.0787. The van der Waals surface area contributed by atoms with Gasteiger partial charge in [0.2, 0.25) is 0 Å². The Balaban J connectivity index is 2.45. The van der Waals surface area contributed by atoms with E-state index in [2.05, 4.69) is 27.3 Å². The molecule has 1 aromatic heterocycles. The van der Waals surface area contributed by atoms with Gasteiger partial charge in [0.15, 0.2) is 0 Å². The highest BCUT2D eigenvalue weighted by Gasteiger charge is 2.19. The van der Waals surface area contributed by atoms with Crippen molar-refractivity contribution in [1.82, 2.24) is 5.32 Å². The zero-order valence-corrected chi connectivity index (χ0v) is 13.2. The fraction of sp³-hybridized carbons (Fsp3) is 0.231. The SMILES string of the molecule is CNC(c1cc(Br)c(Cl)s1)c1ccccc1OC. The lowest BCUT2D eigenvalue weighted by Crippen LogP contribution is -2.17. The van der Waals surface area contributed by atoms with Gasteiger partial charge in [-0.25, -0.2) is 0 Å². The summed E-state index contributed by atoms with van der Waals surface area (Å²) in [5, 5.41) is 3.30. The Morgan fingerprint density at radius 2 is 2.11 bits per heavy atom. The van der Waals surface area contributed by atoms with Crippen molar-refractivity contribution in [1.29, 1.82) is 0 Å². The normalized spacial score (nSPS) is 12.4. The molecule has 1 heterocycles. The van der Waals surface area contributed by atoms with Crippen LogP contribution in [0.25, 0.3) is 0 Å². The van der Waals surface area contributed by atoms with Gasteiger partial charge >= 0.3 is 0 Å². The van der Waals surface area contributed by atoms with Crippen LogP contribution in [0, 0.1) is 0 Å². The number of nitrogens with one attached hydrogen (secondary N) is 1. The molecule has 0 aliphatic carbocycles. The van der Waals surface area contributed by atoms with Gasteiger partial charge in [-0.05, 0) is 35.1 Å². The van der Waals surface area contributed by atoms with Crippen molar-refractivity contribution in [2.45, 2.75) is 6.04 Å². The third-order valence-electron chi connectivity index (χ3n) is 2.69. The van der Waals surface area contributed by atoms with Gasteiger partial charge in [-0.1, -0.05) is 29.8 Å². The maximum atomic E-state index is 6.10. The van der Waals surface area contributed by atoms with E-state index in [0.29, 0.717) is 0 Å². The van der Waals surface area contributed by atoms with E-state index in [4.69, 9.17) is 16.3 Å². The second-order valence-corrected chi connectivity index (χ2v) is 6.27. The molecule has 0 saturated heterocycles. The van der Waals surface area contributed by atoms with Crippen molar-refractivity contribution in [2.24, 2.45) is 0 Å². The molecule has 0 bridgehead atoms. The molecule has 96 valence electrons. The molecule has 1 atom stereocenters. The molecule has 0 aliphatic rings. The topological polar surface area (TPSA) is 21.3 Å². The third kappa shape index (κ3) is 2.72. The van der Waals surface area contributed by atoms with E-state index in [-0.39, 0.29) is 6.04 Å². The third-order valence-corrected chi connectivity index (χ3v) is 5.23. The molecule has 18 heavy (non-hydrogen) atoms. The van der Waals surface area contributed by atoms with E-state index in [0.717, 1.165) is 25.0 Å². The molecule has 0 aliphatic heterocycles. The number of halogens is 2. The van der Waals surface area contributed by atoms with Crippen LogP contribution < -0.4 is 10.1 Å². The number of rotatable bonds is 4. The summed E-state index contributed by atoms with van der Waals surface area (Å²) in [6.45, 7) is 0. The minimum Gasteiger partial charge on any atom is -0.496 e. The standard InChI is InChI=1S/C13H13BrClNOS/c1-16-12(11-7-9(14)13(15)18-11)8-5-3-4-6-10(8)17-2/h3-7,12,16H,1-2H3. The van der Waals surface area contributed by atoms with Gasteiger partial charge in [-0.3, -0.25) is 0 Å². The van der Waals surface area contributed by atoms with Crippen LogP contribution in [0.15, 0.2) is 34.8 Å². The summed E-state index contributed by atoms with van der Waals surface area (Å²) in [5.41, 5.74) is 1.10. The molecular formula is C13H13BrClNOS. The fourth-order valence-corrected chi connectivity index (χ4v) is 3.73. The Labute approximate surface area is 124 Å². The molecule has 5 heteroatoms. The number of methoxy groups -OCH3 is 1. The minimum absolute atomic E-state index is 0.0787. The number of thiophene rings is 1. The Morgan fingerprint density at radius 3 is 2.67 bits per heavy atom. The summed E-state index contributed by atoms with van der Waals surface area (Å²) < 4.78 is 7.10. The Morgan fingerprint density at radius 1 is 1.39 bits per heavy atom. The van der Waals surface area contributed by atoms with Crippen LogP contribution in [0.4, 0.5) is 0 Å². The number of hydrogen-bond donors (Lipinski definition) is 1. The van der Waals surface area contributed by atoms with Crippen LogP contribution in [-0.2, 0) is 0 Å². The number of ether oxygens (including phenoxy) is 1. The molecule has 2 rings (SSSR count). The van der Waals surface area contributed by atoms with E-state index in [1.54, 1.807) is 18.4 Å². The lowest BCUT2D eigenvalue weighted by atomic mass is 10.0. The summed E-state index contributed by atoms with van der Waals surface area (Å²) in [4.78, 5) is 1.15. The smallest absolute Gasteiger partial charge is 0.124 e. The lowest BCUT2D eigenvalue weighted by molar-refractivity contribution is 0.405. The molecule has 1 aromatic carbocycles. The first kappa shape index (κ1) is 13.9. The largest absolute Gasteiger partial charge is 0.496 e. The summed E-state index contributed by atoms with van der Waals surface area (Å²) in [5.74, 6) is 0.873. The van der Waals surface area contributed by atoms with E-state index in [1.165, 1.54) is 0 Å². The van der Waals surface area contributed by atoms with Gasteiger partial charge < -0.3 is 10.1 Å². The summed E-state index contributed by atoms with van der Waals surface area (Å²) in [7, 11) is 3.61. The van der Waals surface area contributed by atoms with Gasteiger partial charge in [0, 0.05) is 14.9 Å². The van der Waals surface area contributed by atoms with E-state index < -0.39 is 0 Å². The first-order chi connectivity index (χ1) is 8.67. The number of para-hydroxylation sites is 1. The van der Waals surface area contributed by atoms with E-state index >= 15 is 0 Å². The molecular weight excluding hydrogens is 334 g/mol. The highest BCUT2D eigenvalue weighted by atomic mass is 79.9. The Hall–Kier alpha value is -0.550. The number of hydrogen-bond acceptors (Lipinski definition) is 3. The molecule has 0 radical (unpaired) electrons. The maximum absolute atomic E-state index is 6.10. The maximum Gasteiger partial charge on any atom is 0.124 e. The average molecular weight is 347 g/mol. The molecule has 2 aromatic rings. The van der Waals surface area contributed by atoms with E-state index in [1.807, 2.05) is 31.3 Å². The van der Waals surface area contributed by atoms with Crippen molar-refractivity contribution in [3.05, 3.63) is 49.6 Å². The monoisotopic (exact) mass is 345 g/mol. The van der Waals surface area contributed by atoms with Crippen molar-refractivity contribution in [3.63, 3.8) is 0 Å².